The molecule has 1 N–H and O–H groups in total. The molecule has 1 fully saturated rings. The molecular formula is C22H23N3O2. The lowest BCUT2D eigenvalue weighted by molar-refractivity contribution is -0.118. The maximum atomic E-state index is 12.3. The Balaban J connectivity index is 1.69. The van der Waals surface area contributed by atoms with Gasteiger partial charge in [-0.1, -0.05) is 6.42 Å². The number of carbonyl (C=O) groups is 2. The molecule has 5 nitrogen and oxygen atoms in total. The van der Waals surface area contributed by atoms with Gasteiger partial charge in [-0.25, -0.2) is 4.98 Å². The Morgan fingerprint density at radius 3 is 2.63 bits per heavy atom. The summed E-state index contributed by atoms with van der Waals surface area (Å²) in [5.41, 5.74) is 5.10. The Morgan fingerprint density at radius 1 is 1.11 bits per heavy atom. The van der Waals surface area contributed by atoms with E-state index >= 15 is 0 Å². The lowest BCUT2D eigenvalue weighted by Gasteiger charge is -2.20. The second-order valence-electron chi connectivity index (χ2n) is 7.25. The van der Waals surface area contributed by atoms with E-state index in [0.717, 1.165) is 54.0 Å². The second kappa shape index (κ2) is 6.99. The topological polar surface area (TPSA) is 66.1 Å². The zero-order valence-electron chi connectivity index (χ0n) is 15.7. The highest BCUT2D eigenvalue weighted by Crippen LogP contribution is 2.27. The van der Waals surface area contributed by atoms with Gasteiger partial charge in [0.15, 0.2) is 5.78 Å². The second-order valence-corrected chi connectivity index (χ2v) is 7.25. The molecule has 5 heteroatoms. The van der Waals surface area contributed by atoms with Crippen molar-refractivity contribution in [3.8, 4) is 11.4 Å². The first kappa shape index (κ1) is 17.5. The van der Waals surface area contributed by atoms with E-state index in [9.17, 15) is 9.59 Å². The minimum atomic E-state index is 0.0109. The van der Waals surface area contributed by atoms with E-state index in [1.54, 1.807) is 6.92 Å². The smallest absolute Gasteiger partial charge is 0.226 e. The number of ketones is 1. The van der Waals surface area contributed by atoms with E-state index < -0.39 is 0 Å². The predicted molar refractivity (Wildman–Crippen MR) is 107 cm³/mol. The summed E-state index contributed by atoms with van der Waals surface area (Å²) in [6, 6.07) is 11.8. The van der Waals surface area contributed by atoms with Gasteiger partial charge in [-0.05, 0) is 68.7 Å². The zero-order valence-corrected chi connectivity index (χ0v) is 15.7. The van der Waals surface area contributed by atoms with Crippen LogP contribution in [0, 0.1) is 6.92 Å². The number of Topliss-reactive ketones (excluding diaryl/α,β-unsaturated/α-hetero) is 1. The number of imidazole rings is 1. The summed E-state index contributed by atoms with van der Waals surface area (Å²) in [5, 5.41) is 0. The molecule has 0 spiro atoms. The van der Waals surface area contributed by atoms with Crippen LogP contribution in [-0.4, -0.2) is 28.2 Å². The third-order valence-electron chi connectivity index (χ3n) is 5.14. The first-order chi connectivity index (χ1) is 13.0. The molecule has 1 saturated heterocycles. The monoisotopic (exact) mass is 361 g/mol. The molecule has 2 aromatic carbocycles. The molecule has 0 unspecified atom stereocenters. The van der Waals surface area contributed by atoms with Gasteiger partial charge in [0.25, 0.3) is 0 Å². The molecule has 4 rings (SSSR count). The largest absolute Gasteiger partial charge is 0.338 e. The number of hydrogen-bond acceptors (Lipinski definition) is 3. The third-order valence-corrected chi connectivity index (χ3v) is 5.14. The van der Waals surface area contributed by atoms with Crippen LogP contribution in [-0.2, 0) is 4.79 Å². The number of nitrogens with zero attached hydrogens (tertiary/aromatic N) is 2. The van der Waals surface area contributed by atoms with E-state index in [0.29, 0.717) is 17.5 Å². The van der Waals surface area contributed by atoms with E-state index in [2.05, 4.69) is 9.97 Å². The van der Waals surface area contributed by atoms with Crippen molar-refractivity contribution in [2.75, 3.05) is 11.4 Å². The Labute approximate surface area is 158 Å². The van der Waals surface area contributed by atoms with Crippen molar-refractivity contribution in [3.05, 3.63) is 47.5 Å². The SMILES string of the molecule is CC(=O)c1cc(C)cc2[nH]c(-c3ccc(N4CCCCCC4=O)cc3)nc12. The van der Waals surface area contributed by atoms with Crippen LogP contribution in [0.15, 0.2) is 36.4 Å². The molecule has 0 atom stereocenters. The van der Waals surface area contributed by atoms with Crippen LogP contribution in [0.1, 0.15) is 48.5 Å². The maximum absolute atomic E-state index is 12.3. The van der Waals surface area contributed by atoms with E-state index in [1.165, 1.54) is 0 Å². The highest BCUT2D eigenvalue weighted by molar-refractivity contribution is 6.05. The van der Waals surface area contributed by atoms with Crippen molar-refractivity contribution in [3.63, 3.8) is 0 Å². The fourth-order valence-electron chi connectivity index (χ4n) is 3.72. The summed E-state index contributed by atoms with van der Waals surface area (Å²) in [4.78, 5) is 34.1. The molecular weight excluding hydrogens is 338 g/mol. The summed E-state index contributed by atoms with van der Waals surface area (Å²) in [7, 11) is 0. The molecule has 1 amide bonds. The van der Waals surface area contributed by atoms with Gasteiger partial charge < -0.3 is 9.88 Å². The van der Waals surface area contributed by atoms with Gasteiger partial charge in [0, 0.05) is 29.8 Å². The average molecular weight is 361 g/mol. The van der Waals surface area contributed by atoms with E-state index in [4.69, 9.17) is 0 Å². The summed E-state index contributed by atoms with van der Waals surface area (Å²) in [6.45, 7) is 4.32. The number of fused-ring (bicyclic) bond motifs is 1. The minimum Gasteiger partial charge on any atom is -0.338 e. The maximum Gasteiger partial charge on any atom is 0.226 e. The van der Waals surface area contributed by atoms with Crippen molar-refractivity contribution < 1.29 is 9.59 Å². The molecule has 0 radical (unpaired) electrons. The molecule has 3 aromatic rings. The van der Waals surface area contributed by atoms with Gasteiger partial charge in [-0.2, -0.15) is 0 Å². The highest BCUT2D eigenvalue weighted by atomic mass is 16.2. The lowest BCUT2D eigenvalue weighted by atomic mass is 10.1. The Hall–Kier alpha value is -2.95. The number of benzene rings is 2. The zero-order chi connectivity index (χ0) is 19.0. The number of aryl methyl sites for hydroxylation is 1. The van der Waals surface area contributed by atoms with Crippen molar-refractivity contribution >= 4 is 28.4 Å². The molecule has 27 heavy (non-hydrogen) atoms. The average Bonchev–Trinajstić information content (AvgIpc) is 2.95. The van der Waals surface area contributed by atoms with E-state index in [1.807, 2.05) is 48.2 Å². The molecule has 0 aliphatic carbocycles. The van der Waals surface area contributed by atoms with Crippen LogP contribution < -0.4 is 4.90 Å². The van der Waals surface area contributed by atoms with Crippen LogP contribution in [0.4, 0.5) is 5.69 Å². The first-order valence-corrected chi connectivity index (χ1v) is 9.45. The van der Waals surface area contributed by atoms with Crippen molar-refractivity contribution in [2.24, 2.45) is 0 Å². The predicted octanol–water partition coefficient (Wildman–Crippen LogP) is 4.65. The number of aromatic amines is 1. The summed E-state index contributed by atoms with van der Waals surface area (Å²) < 4.78 is 0. The van der Waals surface area contributed by atoms with E-state index in [-0.39, 0.29) is 11.7 Å². The lowest BCUT2D eigenvalue weighted by Crippen LogP contribution is -2.29. The number of H-pyrrole nitrogens is 1. The Morgan fingerprint density at radius 2 is 1.89 bits per heavy atom. The first-order valence-electron chi connectivity index (χ1n) is 9.45. The minimum absolute atomic E-state index is 0.0109. The molecule has 1 aliphatic heterocycles. The molecule has 0 bridgehead atoms. The highest BCUT2D eigenvalue weighted by Gasteiger charge is 2.18. The molecule has 1 aliphatic rings. The van der Waals surface area contributed by atoms with Crippen LogP contribution in [0.25, 0.3) is 22.4 Å². The summed E-state index contributed by atoms with van der Waals surface area (Å²) in [6.07, 6.45) is 3.75. The number of aromatic nitrogens is 2. The number of nitrogens with one attached hydrogen (secondary N) is 1. The standard InChI is InChI=1S/C22H23N3O2/c1-14-12-18(15(2)26)21-19(13-14)23-22(24-21)16-7-9-17(10-8-16)25-11-5-3-4-6-20(25)27/h7-10,12-13H,3-6,11H2,1-2H3,(H,23,24). The van der Waals surface area contributed by atoms with Crippen LogP contribution in [0.5, 0.6) is 0 Å². The van der Waals surface area contributed by atoms with Crippen molar-refractivity contribution in [1.82, 2.24) is 9.97 Å². The number of amides is 1. The number of anilines is 1. The molecule has 138 valence electrons. The van der Waals surface area contributed by atoms with Crippen molar-refractivity contribution in [1.29, 1.82) is 0 Å². The van der Waals surface area contributed by atoms with Crippen LogP contribution in [0.2, 0.25) is 0 Å². The fourth-order valence-corrected chi connectivity index (χ4v) is 3.72. The quantitative estimate of drug-likeness (QED) is 0.691. The van der Waals surface area contributed by atoms with Gasteiger partial charge in [0.2, 0.25) is 5.91 Å². The van der Waals surface area contributed by atoms with Gasteiger partial charge in [-0.3, -0.25) is 9.59 Å². The van der Waals surface area contributed by atoms with Crippen LogP contribution >= 0.6 is 0 Å². The Kier molecular flexibility index (Phi) is 4.52. The normalized spacial score (nSPS) is 15.2. The number of carbonyl (C=O) groups excluding carboxylic acids is 2. The number of rotatable bonds is 3. The van der Waals surface area contributed by atoms with Gasteiger partial charge in [-0.15, -0.1) is 0 Å². The summed E-state index contributed by atoms with van der Waals surface area (Å²) >= 11 is 0. The van der Waals surface area contributed by atoms with Gasteiger partial charge in [0.1, 0.15) is 5.82 Å². The van der Waals surface area contributed by atoms with Gasteiger partial charge in [0.05, 0.1) is 11.0 Å². The fraction of sp³-hybridized carbons (Fsp3) is 0.318. The molecule has 1 aromatic heterocycles. The van der Waals surface area contributed by atoms with Gasteiger partial charge >= 0.3 is 0 Å². The third kappa shape index (κ3) is 3.37. The van der Waals surface area contributed by atoms with Crippen LogP contribution in [0.3, 0.4) is 0 Å². The molecule has 0 saturated carbocycles. The molecule has 2 heterocycles. The van der Waals surface area contributed by atoms with Crippen molar-refractivity contribution in [2.45, 2.75) is 39.5 Å². The Bertz CT molecular complexity index is 1020. The summed E-state index contributed by atoms with van der Waals surface area (Å²) in [5.74, 6) is 0.939. The number of hydrogen-bond donors (Lipinski definition) is 1.